The minimum atomic E-state index is -4.61. The van der Waals surface area contributed by atoms with E-state index in [-0.39, 0.29) is 17.2 Å². The number of aromatic amines is 1. The minimum absolute atomic E-state index is 0.172. The first kappa shape index (κ1) is 19.4. The van der Waals surface area contributed by atoms with Gasteiger partial charge in [-0.25, -0.2) is 9.97 Å². The highest BCUT2D eigenvalue weighted by Gasteiger charge is 2.35. The Morgan fingerprint density at radius 2 is 1.93 bits per heavy atom. The highest BCUT2D eigenvalue weighted by atomic mass is 19.4. The van der Waals surface area contributed by atoms with Gasteiger partial charge in [0, 0.05) is 11.9 Å². The Morgan fingerprint density at radius 3 is 2.68 bits per heavy atom. The van der Waals surface area contributed by atoms with Gasteiger partial charge < -0.3 is 11.1 Å². The van der Waals surface area contributed by atoms with E-state index in [2.05, 4.69) is 25.5 Å². The Balaban J connectivity index is 1.57. The predicted molar refractivity (Wildman–Crippen MR) is 98.3 cm³/mol. The van der Waals surface area contributed by atoms with Crippen molar-refractivity contribution in [2.45, 2.75) is 31.9 Å². The summed E-state index contributed by atoms with van der Waals surface area (Å²) < 4.78 is 39.0. The number of nitrogens with zero attached hydrogens (tertiary/aromatic N) is 4. The number of nitriles is 1. The van der Waals surface area contributed by atoms with E-state index in [4.69, 9.17) is 11.0 Å². The number of rotatable bonds is 7. The summed E-state index contributed by atoms with van der Waals surface area (Å²) in [5.41, 5.74) is 6.90. The molecule has 7 nitrogen and oxygen atoms in total. The molecule has 0 saturated carbocycles. The van der Waals surface area contributed by atoms with Crippen LogP contribution in [0.1, 0.15) is 36.3 Å². The number of nitrogens with one attached hydrogen (secondary N) is 2. The quantitative estimate of drug-likeness (QED) is 0.531. The van der Waals surface area contributed by atoms with Crippen LogP contribution >= 0.6 is 0 Å². The Labute approximate surface area is 158 Å². The third kappa shape index (κ3) is 4.31. The largest absolute Gasteiger partial charge is 0.451 e. The fourth-order valence-electron chi connectivity index (χ4n) is 2.85. The van der Waals surface area contributed by atoms with Crippen molar-refractivity contribution in [3.05, 3.63) is 41.3 Å². The molecule has 0 radical (unpaired) electrons. The number of aromatic nitrogens is 4. The molecule has 3 rings (SSSR count). The number of hydrogen-bond donors (Lipinski definition) is 3. The van der Waals surface area contributed by atoms with E-state index < -0.39 is 12.0 Å². The smallest absolute Gasteiger partial charge is 0.381 e. The van der Waals surface area contributed by atoms with Crippen LogP contribution in [-0.4, -0.2) is 26.7 Å². The van der Waals surface area contributed by atoms with E-state index in [0.717, 1.165) is 19.3 Å². The molecule has 2 heterocycles. The van der Waals surface area contributed by atoms with E-state index in [0.29, 0.717) is 29.6 Å². The molecular weight excluding hydrogens is 371 g/mol. The van der Waals surface area contributed by atoms with Crippen molar-refractivity contribution in [1.29, 1.82) is 5.26 Å². The molecule has 146 valence electrons. The monoisotopic (exact) mass is 389 g/mol. The van der Waals surface area contributed by atoms with Crippen molar-refractivity contribution in [3.8, 4) is 6.07 Å². The standard InChI is InChI=1S/C18H18F3N7/c19-18(20,21)17-25-13-7-4-3-6-11(13)16(26-17)24-9-5-1-2-8-14-12(10-22)15(23)28-27-14/h3-4,6-7H,1-2,5,8-9H2,(H3,23,27,28)(H,24,25,26). The summed E-state index contributed by atoms with van der Waals surface area (Å²) in [6.45, 7) is 0.467. The number of benzene rings is 1. The zero-order chi connectivity index (χ0) is 20.1. The van der Waals surface area contributed by atoms with Crippen molar-refractivity contribution in [1.82, 2.24) is 20.2 Å². The predicted octanol–water partition coefficient (Wildman–Crippen LogP) is 3.65. The number of fused-ring (bicyclic) bond motifs is 1. The Morgan fingerprint density at radius 1 is 1.14 bits per heavy atom. The molecule has 0 aliphatic rings. The maximum atomic E-state index is 13.0. The van der Waals surface area contributed by atoms with Crippen LogP contribution in [0, 0.1) is 11.3 Å². The van der Waals surface area contributed by atoms with Gasteiger partial charge in [0.25, 0.3) is 0 Å². The number of H-pyrrole nitrogens is 1. The van der Waals surface area contributed by atoms with Crippen LogP contribution < -0.4 is 11.1 Å². The van der Waals surface area contributed by atoms with Crippen molar-refractivity contribution in [2.24, 2.45) is 0 Å². The molecule has 0 bridgehead atoms. The molecular formula is C18H18F3N7. The number of anilines is 2. The van der Waals surface area contributed by atoms with Gasteiger partial charge in [0.2, 0.25) is 5.82 Å². The lowest BCUT2D eigenvalue weighted by molar-refractivity contribution is -0.144. The highest BCUT2D eigenvalue weighted by Crippen LogP contribution is 2.30. The molecule has 0 saturated heterocycles. The number of alkyl halides is 3. The zero-order valence-electron chi connectivity index (χ0n) is 14.8. The average molecular weight is 389 g/mol. The molecule has 4 N–H and O–H groups in total. The van der Waals surface area contributed by atoms with Gasteiger partial charge in [-0.2, -0.15) is 23.5 Å². The minimum Gasteiger partial charge on any atom is -0.381 e. The van der Waals surface area contributed by atoms with E-state index in [1.165, 1.54) is 6.07 Å². The maximum Gasteiger partial charge on any atom is 0.451 e. The zero-order valence-corrected chi connectivity index (χ0v) is 14.8. The molecule has 0 aliphatic heterocycles. The maximum absolute atomic E-state index is 13.0. The molecule has 10 heteroatoms. The lowest BCUT2D eigenvalue weighted by Gasteiger charge is -2.12. The van der Waals surface area contributed by atoms with Crippen LogP contribution in [0.3, 0.4) is 0 Å². The number of nitrogens with two attached hydrogens (primary N) is 1. The molecule has 0 amide bonds. The SMILES string of the molecule is N#Cc1c(N)n[nH]c1CCCCCNc1nc(C(F)(F)F)nc2ccccc12. The third-order valence-electron chi connectivity index (χ3n) is 4.23. The first-order valence-corrected chi connectivity index (χ1v) is 8.71. The van der Waals surface area contributed by atoms with Crippen LogP contribution in [0.2, 0.25) is 0 Å². The summed E-state index contributed by atoms with van der Waals surface area (Å²) >= 11 is 0. The Kier molecular flexibility index (Phi) is 5.63. The number of halogens is 3. The molecule has 1 aromatic carbocycles. The molecule has 2 aromatic heterocycles. The van der Waals surface area contributed by atoms with Gasteiger partial charge in [-0.1, -0.05) is 18.6 Å². The van der Waals surface area contributed by atoms with Crippen LogP contribution in [-0.2, 0) is 12.6 Å². The molecule has 0 fully saturated rings. The van der Waals surface area contributed by atoms with Crippen LogP contribution in [0.4, 0.5) is 24.8 Å². The second-order valence-corrected chi connectivity index (χ2v) is 6.22. The summed E-state index contributed by atoms with van der Waals surface area (Å²) in [7, 11) is 0. The van der Waals surface area contributed by atoms with E-state index in [1.807, 2.05) is 6.07 Å². The number of unbranched alkanes of at least 4 members (excludes halogenated alkanes) is 2. The van der Waals surface area contributed by atoms with Crippen molar-refractivity contribution >= 4 is 22.5 Å². The van der Waals surface area contributed by atoms with Crippen LogP contribution in [0.25, 0.3) is 10.9 Å². The molecule has 28 heavy (non-hydrogen) atoms. The molecule has 0 aliphatic carbocycles. The second-order valence-electron chi connectivity index (χ2n) is 6.22. The second kappa shape index (κ2) is 8.12. The van der Waals surface area contributed by atoms with Gasteiger partial charge in [0.1, 0.15) is 17.5 Å². The van der Waals surface area contributed by atoms with Gasteiger partial charge in [0.05, 0.1) is 11.2 Å². The highest BCUT2D eigenvalue weighted by molar-refractivity contribution is 5.89. The van der Waals surface area contributed by atoms with Gasteiger partial charge >= 0.3 is 6.18 Å². The Bertz CT molecular complexity index is 1000. The number of aryl methyl sites for hydroxylation is 1. The summed E-state index contributed by atoms with van der Waals surface area (Å²) in [6.07, 6.45) is -1.65. The normalized spacial score (nSPS) is 11.5. The first-order valence-electron chi connectivity index (χ1n) is 8.71. The van der Waals surface area contributed by atoms with Gasteiger partial charge in [0.15, 0.2) is 5.82 Å². The fraction of sp³-hybridized carbons (Fsp3) is 0.333. The van der Waals surface area contributed by atoms with Gasteiger partial charge in [-0.15, -0.1) is 0 Å². The first-order chi connectivity index (χ1) is 13.4. The van der Waals surface area contributed by atoms with Crippen LogP contribution in [0.15, 0.2) is 24.3 Å². The molecule has 0 atom stereocenters. The topological polar surface area (TPSA) is 116 Å². The molecule has 0 unspecified atom stereocenters. The summed E-state index contributed by atoms with van der Waals surface area (Å²) in [5.74, 6) is -0.795. The van der Waals surface area contributed by atoms with E-state index in [1.54, 1.807) is 18.2 Å². The number of nitrogen functional groups attached to an aromatic ring is 1. The van der Waals surface area contributed by atoms with Gasteiger partial charge in [-0.3, -0.25) is 5.10 Å². The molecule has 0 spiro atoms. The summed E-state index contributed by atoms with van der Waals surface area (Å²) in [5, 5.41) is 19.1. The van der Waals surface area contributed by atoms with Crippen LogP contribution in [0.5, 0.6) is 0 Å². The summed E-state index contributed by atoms with van der Waals surface area (Å²) in [6, 6.07) is 8.59. The van der Waals surface area contributed by atoms with Crippen molar-refractivity contribution < 1.29 is 13.2 Å². The molecule has 3 aromatic rings. The lowest BCUT2D eigenvalue weighted by atomic mass is 10.1. The van der Waals surface area contributed by atoms with Gasteiger partial charge in [-0.05, 0) is 31.4 Å². The van der Waals surface area contributed by atoms with E-state index in [9.17, 15) is 13.2 Å². The lowest BCUT2D eigenvalue weighted by Crippen LogP contribution is -2.14. The fourth-order valence-corrected chi connectivity index (χ4v) is 2.85. The van der Waals surface area contributed by atoms with Crippen molar-refractivity contribution in [2.75, 3.05) is 17.6 Å². The van der Waals surface area contributed by atoms with E-state index >= 15 is 0 Å². The Hall–Kier alpha value is -3.35. The van der Waals surface area contributed by atoms with Crippen molar-refractivity contribution in [3.63, 3.8) is 0 Å². The number of hydrogen-bond acceptors (Lipinski definition) is 6. The summed E-state index contributed by atoms with van der Waals surface area (Å²) in [4.78, 5) is 7.25. The average Bonchev–Trinajstić information content (AvgIpc) is 3.03. The third-order valence-corrected chi connectivity index (χ3v) is 4.23. The number of para-hydroxylation sites is 1.